The zero-order chi connectivity index (χ0) is 31.5. The van der Waals surface area contributed by atoms with Crippen LogP contribution >= 0.6 is 0 Å². The van der Waals surface area contributed by atoms with Crippen molar-refractivity contribution in [2.45, 2.75) is 45.6 Å². The first-order chi connectivity index (χ1) is 20.3. The summed E-state index contributed by atoms with van der Waals surface area (Å²) >= 11 is 0. The molecule has 1 heterocycles. The molecule has 0 radical (unpaired) electrons. The van der Waals surface area contributed by atoms with E-state index in [4.69, 9.17) is 9.15 Å². The maximum absolute atomic E-state index is 13.1. The van der Waals surface area contributed by atoms with Crippen molar-refractivity contribution in [3.63, 3.8) is 0 Å². The largest absolute Gasteiger partial charge is 0.468 e. The van der Waals surface area contributed by atoms with Crippen LogP contribution in [0.2, 0.25) is 0 Å². The predicted octanol–water partition coefficient (Wildman–Crippen LogP) is 5.73. The number of ether oxygens (including phenoxy) is 1. The average molecular weight is 606 g/mol. The van der Waals surface area contributed by atoms with Crippen LogP contribution in [0.5, 0.6) is 0 Å². The van der Waals surface area contributed by atoms with E-state index in [9.17, 15) is 22.8 Å². The number of anilines is 2. The number of methoxy groups -OCH3 is 1. The van der Waals surface area contributed by atoms with Crippen LogP contribution in [0.25, 0.3) is 22.1 Å². The third-order valence-electron chi connectivity index (χ3n) is 6.99. The zero-order valence-electron chi connectivity index (χ0n) is 24.8. The number of sulfonamides is 1. The summed E-state index contributed by atoms with van der Waals surface area (Å²) in [6, 6.07) is 17.6. The summed E-state index contributed by atoms with van der Waals surface area (Å²) in [6.07, 6.45) is 0. The van der Waals surface area contributed by atoms with Gasteiger partial charge in [0, 0.05) is 22.6 Å². The highest BCUT2D eigenvalue weighted by Gasteiger charge is 2.29. The number of furan rings is 1. The standard InChI is InChI=1S/C32H35N3O7S/c1-18(2)28(32(38)41-6)35-43(39,40)24-16-12-22(13-17-24)21-10-14-23(15-11-21)33-31(37)29-20(5)27-25(34-30(36)19(3)4)8-7-9-26(27)42-29/h7-19,28,35H,1-6H3,(H,33,37)(H,34,36)/t28-/m0/s1. The molecular weight excluding hydrogens is 570 g/mol. The summed E-state index contributed by atoms with van der Waals surface area (Å²) in [6.45, 7) is 8.82. The number of hydrogen-bond acceptors (Lipinski definition) is 7. The number of hydrogen-bond donors (Lipinski definition) is 3. The Balaban J connectivity index is 1.48. The Morgan fingerprint density at radius 1 is 0.837 bits per heavy atom. The maximum atomic E-state index is 13.1. The molecule has 0 unspecified atom stereocenters. The summed E-state index contributed by atoms with van der Waals surface area (Å²) in [4.78, 5) is 37.4. The SMILES string of the molecule is COC(=O)[C@@H](NS(=O)(=O)c1ccc(-c2ccc(NC(=O)c3oc4cccc(NC(=O)C(C)C)c4c3C)cc2)cc1)C(C)C. The Kier molecular flexibility index (Phi) is 9.37. The van der Waals surface area contributed by atoms with Gasteiger partial charge in [-0.2, -0.15) is 4.72 Å². The molecule has 10 nitrogen and oxygen atoms in total. The molecule has 0 spiro atoms. The van der Waals surface area contributed by atoms with Gasteiger partial charge in [-0.25, -0.2) is 8.42 Å². The van der Waals surface area contributed by atoms with Crippen LogP contribution in [0.1, 0.15) is 43.8 Å². The number of nitrogens with one attached hydrogen (secondary N) is 3. The minimum Gasteiger partial charge on any atom is -0.468 e. The van der Waals surface area contributed by atoms with Crippen LogP contribution in [0, 0.1) is 18.8 Å². The van der Waals surface area contributed by atoms with E-state index in [-0.39, 0.29) is 28.4 Å². The van der Waals surface area contributed by atoms with Gasteiger partial charge in [-0.15, -0.1) is 0 Å². The van der Waals surface area contributed by atoms with Gasteiger partial charge in [-0.05, 0) is 60.4 Å². The van der Waals surface area contributed by atoms with Crippen molar-refractivity contribution in [3.05, 3.63) is 78.1 Å². The minimum absolute atomic E-state index is 0.0165. The fourth-order valence-electron chi connectivity index (χ4n) is 4.48. The molecule has 11 heteroatoms. The summed E-state index contributed by atoms with van der Waals surface area (Å²) in [7, 11) is -2.75. The highest BCUT2D eigenvalue weighted by atomic mass is 32.2. The molecule has 2 amide bonds. The molecule has 0 saturated heterocycles. The van der Waals surface area contributed by atoms with Crippen molar-refractivity contribution in [1.29, 1.82) is 0 Å². The topological polar surface area (TPSA) is 144 Å². The van der Waals surface area contributed by atoms with E-state index >= 15 is 0 Å². The molecule has 0 fully saturated rings. The van der Waals surface area contributed by atoms with Crippen molar-refractivity contribution < 1.29 is 32.0 Å². The van der Waals surface area contributed by atoms with Crippen molar-refractivity contribution >= 4 is 50.2 Å². The molecule has 0 aliphatic carbocycles. The molecule has 1 aromatic heterocycles. The summed E-state index contributed by atoms with van der Waals surface area (Å²) < 4.78 is 38.7. The Morgan fingerprint density at radius 3 is 2.00 bits per heavy atom. The molecule has 0 aliphatic heterocycles. The van der Waals surface area contributed by atoms with Crippen molar-refractivity contribution in [1.82, 2.24) is 4.72 Å². The smallest absolute Gasteiger partial charge is 0.324 e. The van der Waals surface area contributed by atoms with Gasteiger partial charge >= 0.3 is 5.97 Å². The van der Waals surface area contributed by atoms with Crippen LogP contribution in [0.15, 0.2) is 76.0 Å². The minimum atomic E-state index is -3.96. The third-order valence-corrected chi connectivity index (χ3v) is 8.44. The first-order valence-electron chi connectivity index (χ1n) is 13.8. The molecule has 1 atom stereocenters. The summed E-state index contributed by atoms with van der Waals surface area (Å²) in [5.41, 5.74) is 3.78. The van der Waals surface area contributed by atoms with Gasteiger partial charge in [0.15, 0.2) is 5.76 Å². The van der Waals surface area contributed by atoms with E-state index in [1.165, 1.54) is 19.2 Å². The average Bonchev–Trinajstić information content (AvgIpc) is 3.33. The van der Waals surface area contributed by atoms with E-state index in [0.717, 1.165) is 11.1 Å². The lowest BCUT2D eigenvalue weighted by Gasteiger charge is -2.19. The van der Waals surface area contributed by atoms with E-state index in [0.29, 0.717) is 27.9 Å². The molecule has 0 aliphatic rings. The fraction of sp³-hybridized carbons (Fsp3) is 0.281. The molecule has 0 saturated carbocycles. The van der Waals surface area contributed by atoms with Crippen LogP contribution in [-0.2, 0) is 24.3 Å². The number of benzene rings is 3. The van der Waals surface area contributed by atoms with E-state index in [2.05, 4.69) is 15.4 Å². The van der Waals surface area contributed by atoms with E-state index < -0.39 is 27.9 Å². The van der Waals surface area contributed by atoms with Gasteiger partial charge in [0.05, 0.1) is 17.7 Å². The summed E-state index contributed by atoms with van der Waals surface area (Å²) in [5, 5.41) is 6.40. The van der Waals surface area contributed by atoms with Crippen LogP contribution in [0.3, 0.4) is 0 Å². The second-order valence-electron chi connectivity index (χ2n) is 10.8. The number of aryl methyl sites for hydroxylation is 1. The van der Waals surface area contributed by atoms with Crippen molar-refractivity contribution in [3.8, 4) is 11.1 Å². The van der Waals surface area contributed by atoms with Crippen molar-refractivity contribution in [2.24, 2.45) is 11.8 Å². The Morgan fingerprint density at radius 2 is 1.44 bits per heavy atom. The first kappa shape index (κ1) is 31.5. The number of carbonyl (C=O) groups excluding carboxylic acids is 3. The normalized spacial score (nSPS) is 12.4. The van der Waals surface area contributed by atoms with E-state index in [1.807, 2.05) is 0 Å². The number of amides is 2. The van der Waals surface area contributed by atoms with Crippen LogP contribution < -0.4 is 15.4 Å². The van der Waals surface area contributed by atoms with Crippen LogP contribution in [0.4, 0.5) is 11.4 Å². The summed E-state index contributed by atoms with van der Waals surface area (Å²) in [5.74, 6) is -1.58. The lowest BCUT2D eigenvalue weighted by molar-refractivity contribution is -0.143. The molecule has 4 rings (SSSR count). The van der Waals surface area contributed by atoms with Gasteiger partial charge in [0.2, 0.25) is 15.9 Å². The second-order valence-corrected chi connectivity index (χ2v) is 12.5. The highest BCUT2D eigenvalue weighted by molar-refractivity contribution is 7.89. The highest BCUT2D eigenvalue weighted by Crippen LogP contribution is 2.32. The lowest BCUT2D eigenvalue weighted by Crippen LogP contribution is -2.44. The number of rotatable bonds is 10. The van der Waals surface area contributed by atoms with Crippen molar-refractivity contribution in [2.75, 3.05) is 17.7 Å². The van der Waals surface area contributed by atoms with Gasteiger partial charge in [-0.1, -0.05) is 58.0 Å². The molecule has 0 bridgehead atoms. The lowest BCUT2D eigenvalue weighted by atomic mass is 10.1. The van der Waals surface area contributed by atoms with Gasteiger partial charge < -0.3 is 19.8 Å². The van der Waals surface area contributed by atoms with Gasteiger partial charge in [-0.3, -0.25) is 14.4 Å². The fourth-order valence-corrected chi connectivity index (χ4v) is 5.81. The quantitative estimate of drug-likeness (QED) is 0.196. The monoisotopic (exact) mass is 605 g/mol. The van der Waals surface area contributed by atoms with E-state index in [1.54, 1.807) is 89.2 Å². The second kappa shape index (κ2) is 12.8. The van der Waals surface area contributed by atoms with Gasteiger partial charge in [0.1, 0.15) is 11.6 Å². The molecule has 226 valence electrons. The number of carbonyl (C=O) groups is 3. The Labute approximate surface area is 250 Å². The van der Waals surface area contributed by atoms with Crippen LogP contribution in [-0.4, -0.2) is 39.4 Å². The third kappa shape index (κ3) is 6.95. The first-order valence-corrected chi connectivity index (χ1v) is 15.3. The Bertz CT molecular complexity index is 1760. The Hall–Kier alpha value is -4.48. The number of fused-ring (bicyclic) bond motifs is 1. The molecule has 3 N–H and O–H groups in total. The maximum Gasteiger partial charge on any atom is 0.324 e. The molecule has 3 aromatic carbocycles. The molecule has 43 heavy (non-hydrogen) atoms. The molecule has 4 aromatic rings. The predicted molar refractivity (Wildman–Crippen MR) is 165 cm³/mol. The molecular formula is C32H35N3O7S. The number of esters is 1. The van der Waals surface area contributed by atoms with Gasteiger partial charge in [0.25, 0.3) is 5.91 Å². The zero-order valence-corrected chi connectivity index (χ0v) is 25.7.